The van der Waals surface area contributed by atoms with Gasteiger partial charge in [0, 0.05) is 29.7 Å². The molecule has 0 radical (unpaired) electrons. The second-order valence-corrected chi connectivity index (χ2v) is 9.16. The van der Waals surface area contributed by atoms with E-state index in [1.54, 1.807) is 23.9 Å². The molecule has 9 heteroatoms. The summed E-state index contributed by atoms with van der Waals surface area (Å²) in [6.07, 6.45) is 2.02. The molecule has 1 N–H and O–H groups in total. The number of aromatic nitrogens is 2. The van der Waals surface area contributed by atoms with E-state index < -0.39 is 10.0 Å². The van der Waals surface area contributed by atoms with Crippen molar-refractivity contribution in [3.8, 4) is 17.0 Å². The summed E-state index contributed by atoms with van der Waals surface area (Å²) in [6, 6.07) is 12.5. The van der Waals surface area contributed by atoms with Gasteiger partial charge in [-0.15, -0.1) is 0 Å². The van der Waals surface area contributed by atoms with Crippen LogP contribution in [0.15, 0.2) is 59.9 Å². The lowest BCUT2D eigenvalue weighted by atomic mass is 10.1. The lowest BCUT2D eigenvalue weighted by Crippen LogP contribution is -2.21. The van der Waals surface area contributed by atoms with Crippen molar-refractivity contribution in [3.63, 3.8) is 0 Å². The molecule has 3 aromatic rings. The molecular weight excluding hydrogens is 401 g/mol. The molecular formula is C19H18FN3O3S2. The predicted octanol–water partition coefficient (Wildman–Crippen LogP) is 3.62. The Bertz CT molecular complexity index is 1040. The number of benzene rings is 2. The Morgan fingerprint density at radius 3 is 2.61 bits per heavy atom. The second kappa shape index (κ2) is 7.84. The molecule has 0 spiro atoms. The summed E-state index contributed by atoms with van der Waals surface area (Å²) < 4.78 is 47.3. The number of nitrogens with zero attached hydrogens (tertiary/aromatic N) is 2. The van der Waals surface area contributed by atoms with Crippen molar-refractivity contribution in [1.82, 2.24) is 9.55 Å². The normalized spacial score (nSPS) is 13.3. The Balaban J connectivity index is 1.34. The average Bonchev–Trinajstić information content (AvgIpc) is 3.26. The molecule has 0 atom stereocenters. The fraction of sp³-hybridized carbons (Fsp3) is 0.211. The number of sulfonamides is 1. The minimum Gasteiger partial charge on any atom is -0.492 e. The first-order valence-corrected chi connectivity index (χ1v) is 11.3. The largest absolute Gasteiger partial charge is 0.492 e. The number of rotatable bonds is 7. The third-order valence-electron chi connectivity index (χ3n) is 4.19. The summed E-state index contributed by atoms with van der Waals surface area (Å²) in [5, 5.41) is 1.01. The van der Waals surface area contributed by atoms with Gasteiger partial charge in [0.25, 0.3) is 0 Å². The number of nitrogens with one attached hydrogen (secondary N) is 1. The number of thioether (sulfide) groups is 1. The fourth-order valence-electron chi connectivity index (χ4n) is 2.79. The summed E-state index contributed by atoms with van der Waals surface area (Å²) in [6.45, 7) is 0.932. The minimum atomic E-state index is -3.56. The Morgan fingerprint density at radius 2 is 1.89 bits per heavy atom. The van der Waals surface area contributed by atoms with E-state index in [1.165, 1.54) is 24.3 Å². The van der Waals surface area contributed by atoms with Crippen molar-refractivity contribution >= 4 is 27.5 Å². The highest BCUT2D eigenvalue weighted by molar-refractivity contribution is 7.99. The van der Waals surface area contributed by atoms with Crippen LogP contribution >= 0.6 is 11.8 Å². The zero-order valence-corrected chi connectivity index (χ0v) is 16.5. The molecule has 1 aliphatic heterocycles. The van der Waals surface area contributed by atoms with Crippen molar-refractivity contribution in [2.45, 2.75) is 11.7 Å². The number of aryl methyl sites for hydroxylation is 1. The van der Waals surface area contributed by atoms with Gasteiger partial charge in [-0.1, -0.05) is 23.9 Å². The van der Waals surface area contributed by atoms with E-state index in [2.05, 4.69) is 14.3 Å². The Hall–Kier alpha value is -2.52. The van der Waals surface area contributed by atoms with Gasteiger partial charge in [0.15, 0.2) is 5.16 Å². The van der Waals surface area contributed by atoms with Crippen LogP contribution in [0.5, 0.6) is 5.75 Å². The van der Waals surface area contributed by atoms with Crippen LogP contribution in [-0.4, -0.2) is 36.1 Å². The topological polar surface area (TPSA) is 73.2 Å². The van der Waals surface area contributed by atoms with Gasteiger partial charge in [0.05, 0.1) is 5.69 Å². The smallest absolute Gasteiger partial charge is 0.236 e. The monoisotopic (exact) mass is 419 g/mol. The molecule has 4 rings (SSSR count). The molecule has 2 aromatic carbocycles. The number of imidazole rings is 1. The van der Waals surface area contributed by atoms with Gasteiger partial charge in [0.1, 0.15) is 23.9 Å². The van der Waals surface area contributed by atoms with E-state index in [9.17, 15) is 12.8 Å². The maximum atomic E-state index is 12.9. The van der Waals surface area contributed by atoms with Crippen LogP contribution in [0.4, 0.5) is 10.1 Å². The molecule has 0 aliphatic carbocycles. The number of ether oxygens (including phenoxy) is 1. The van der Waals surface area contributed by atoms with Crippen LogP contribution in [0.3, 0.4) is 0 Å². The maximum absolute atomic E-state index is 12.9. The fourth-order valence-corrected chi connectivity index (χ4v) is 4.63. The molecule has 1 aromatic heterocycles. The Labute approximate surface area is 166 Å². The van der Waals surface area contributed by atoms with Gasteiger partial charge in [-0.3, -0.25) is 4.72 Å². The van der Waals surface area contributed by atoms with Crippen LogP contribution in [0.1, 0.15) is 0 Å². The van der Waals surface area contributed by atoms with Crippen LogP contribution in [0.25, 0.3) is 11.3 Å². The van der Waals surface area contributed by atoms with E-state index in [0.717, 1.165) is 28.7 Å². The van der Waals surface area contributed by atoms with Gasteiger partial charge >= 0.3 is 0 Å². The molecule has 2 heterocycles. The summed E-state index contributed by atoms with van der Waals surface area (Å²) in [4.78, 5) is 4.59. The molecule has 0 saturated carbocycles. The summed E-state index contributed by atoms with van der Waals surface area (Å²) in [5.74, 6) is 0.890. The van der Waals surface area contributed by atoms with Gasteiger partial charge in [-0.05, 0) is 36.4 Å². The van der Waals surface area contributed by atoms with E-state index in [0.29, 0.717) is 11.4 Å². The van der Waals surface area contributed by atoms with E-state index >= 15 is 0 Å². The Kier molecular flexibility index (Phi) is 5.27. The summed E-state index contributed by atoms with van der Waals surface area (Å²) >= 11 is 1.73. The van der Waals surface area contributed by atoms with Crippen molar-refractivity contribution in [3.05, 3.63) is 60.5 Å². The molecule has 0 bridgehead atoms. The lowest BCUT2D eigenvalue weighted by molar-refractivity contribution is 0.340. The number of hydrogen-bond acceptors (Lipinski definition) is 5. The SMILES string of the molecule is O=S(=O)(CCOc1ccc(F)cc1)Nc1ccc(-c2cn3c(n2)SCC3)cc1. The van der Waals surface area contributed by atoms with Crippen LogP contribution < -0.4 is 9.46 Å². The van der Waals surface area contributed by atoms with E-state index in [4.69, 9.17) is 4.74 Å². The quantitative estimate of drug-likeness (QED) is 0.633. The molecule has 0 unspecified atom stereocenters. The van der Waals surface area contributed by atoms with Gasteiger partial charge in [-0.2, -0.15) is 0 Å². The zero-order chi connectivity index (χ0) is 19.6. The van der Waals surface area contributed by atoms with Crippen LogP contribution in [0, 0.1) is 5.82 Å². The van der Waals surface area contributed by atoms with Gasteiger partial charge in [-0.25, -0.2) is 17.8 Å². The zero-order valence-electron chi connectivity index (χ0n) is 14.8. The Morgan fingerprint density at radius 1 is 1.14 bits per heavy atom. The van der Waals surface area contributed by atoms with Gasteiger partial charge < -0.3 is 9.30 Å². The minimum absolute atomic E-state index is 0.0308. The average molecular weight is 420 g/mol. The predicted molar refractivity (Wildman–Crippen MR) is 108 cm³/mol. The van der Waals surface area contributed by atoms with E-state index in [1.807, 2.05) is 18.3 Å². The lowest BCUT2D eigenvalue weighted by Gasteiger charge is -2.10. The molecule has 146 valence electrons. The third kappa shape index (κ3) is 4.48. The first-order valence-electron chi connectivity index (χ1n) is 8.68. The number of fused-ring (bicyclic) bond motifs is 1. The van der Waals surface area contributed by atoms with Crippen LogP contribution in [-0.2, 0) is 16.6 Å². The van der Waals surface area contributed by atoms with Crippen LogP contribution in [0.2, 0.25) is 0 Å². The standard InChI is InChI=1S/C19H18FN3O3S2/c20-15-3-7-17(8-4-15)26-10-12-28(24,25)22-16-5-1-14(2-6-16)18-13-23-9-11-27-19(23)21-18/h1-8,13,22H,9-12H2. The van der Waals surface area contributed by atoms with E-state index in [-0.39, 0.29) is 18.2 Å². The molecule has 0 fully saturated rings. The van der Waals surface area contributed by atoms with Crippen molar-refractivity contribution < 1.29 is 17.5 Å². The van der Waals surface area contributed by atoms with Crippen molar-refractivity contribution in [2.24, 2.45) is 0 Å². The van der Waals surface area contributed by atoms with Crippen molar-refractivity contribution in [2.75, 3.05) is 22.8 Å². The number of hydrogen-bond donors (Lipinski definition) is 1. The summed E-state index contributed by atoms with van der Waals surface area (Å²) in [5.41, 5.74) is 2.29. The first kappa shape index (κ1) is 18.8. The van der Waals surface area contributed by atoms with Crippen molar-refractivity contribution in [1.29, 1.82) is 0 Å². The highest BCUT2D eigenvalue weighted by Gasteiger charge is 2.16. The second-order valence-electron chi connectivity index (χ2n) is 6.25. The molecule has 1 aliphatic rings. The highest BCUT2D eigenvalue weighted by atomic mass is 32.2. The highest BCUT2D eigenvalue weighted by Crippen LogP contribution is 2.29. The maximum Gasteiger partial charge on any atom is 0.236 e. The number of anilines is 1. The molecule has 0 saturated heterocycles. The number of halogens is 1. The first-order chi connectivity index (χ1) is 13.5. The summed E-state index contributed by atoms with van der Waals surface area (Å²) in [7, 11) is -3.56. The molecule has 6 nitrogen and oxygen atoms in total. The molecule has 28 heavy (non-hydrogen) atoms. The van der Waals surface area contributed by atoms with Gasteiger partial charge in [0.2, 0.25) is 10.0 Å². The third-order valence-corrected chi connectivity index (χ3v) is 6.41. The molecule has 0 amide bonds.